The first-order valence-electron chi connectivity index (χ1n) is 4.10. The minimum absolute atomic E-state index is 0.0648. The first-order chi connectivity index (χ1) is 7.18. The Morgan fingerprint density at radius 1 is 1.00 bits per heavy atom. The number of halogens is 3. The van der Waals surface area contributed by atoms with E-state index in [2.05, 4.69) is 9.97 Å². The summed E-state index contributed by atoms with van der Waals surface area (Å²) in [6.07, 6.45) is 1.16. The van der Waals surface area contributed by atoms with Crippen molar-refractivity contribution in [2.24, 2.45) is 0 Å². The Balaban J connectivity index is 2.54. The summed E-state index contributed by atoms with van der Waals surface area (Å²) in [7, 11) is 0. The first-order valence-corrected chi connectivity index (χ1v) is 4.48. The third kappa shape index (κ3) is 1.94. The summed E-state index contributed by atoms with van der Waals surface area (Å²) < 4.78 is 26.1. The van der Waals surface area contributed by atoms with Gasteiger partial charge in [0.1, 0.15) is 17.8 Å². The van der Waals surface area contributed by atoms with Crippen molar-refractivity contribution in [3.63, 3.8) is 0 Å². The monoisotopic (exact) mass is 226 g/mol. The lowest BCUT2D eigenvalue weighted by Gasteiger charge is -2.02. The molecule has 0 amide bonds. The first kappa shape index (κ1) is 9.98. The van der Waals surface area contributed by atoms with Crippen molar-refractivity contribution in [2.45, 2.75) is 0 Å². The Morgan fingerprint density at radius 3 is 2.33 bits per heavy atom. The molecule has 76 valence electrons. The van der Waals surface area contributed by atoms with E-state index in [1.165, 1.54) is 24.3 Å². The zero-order valence-corrected chi connectivity index (χ0v) is 8.17. The second kappa shape index (κ2) is 3.90. The van der Waals surface area contributed by atoms with Crippen LogP contribution in [0.5, 0.6) is 0 Å². The molecule has 0 aliphatic carbocycles. The van der Waals surface area contributed by atoms with Crippen LogP contribution in [0.25, 0.3) is 11.3 Å². The summed E-state index contributed by atoms with van der Waals surface area (Å²) in [5.41, 5.74) is 0.521. The molecule has 0 spiro atoms. The van der Waals surface area contributed by atoms with Crippen LogP contribution in [-0.2, 0) is 0 Å². The van der Waals surface area contributed by atoms with Crippen molar-refractivity contribution in [3.8, 4) is 11.3 Å². The van der Waals surface area contributed by atoms with E-state index in [0.717, 1.165) is 6.33 Å². The van der Waals surface area contributed by atoms with Crippen LogP contribution in [0.4, 0.5) is 8.78 Å². The zero-order valence-electron chi connectivity index (χ0n) is 7.42. The van der Waals surface area contributed by atoms with E-state index < -0.39 is 5.82 Å². The van der Waals surface area contributed by atoms with E-state index in [9.17, 15) is 8.78 Å². The van der Waals surface area contributed by atoms with Crippen LogP contribution in [0, 0.1) is 11.6 Å². The minimum Gasteiger partial charge on any atom is -0.233 e. The van der Waals surface area contributed by atoms with Crippen molar-refractivity contribution in [1.29, 1.82) is 0 Å². The molecule has 0 unspecified atom stereocenters. The topological polar surface area (TPSA) is 25.8 Å². The average molecular weight is 227 g/mol. The average Bonchev–Trinajstić information content (AvgIpc) is 2.24. The lowest BCUT2D eigenvalue weighted by Crippen LogP contribution is -1.92. The van der Waals surface area contributed by atoms with E-state index >= 15 is 0 Å². The number of hydrogen-bond donors (Lipinski definition) is 0. The van der Waals surface area contributed by atoms with Crippen molar-refractivity contribution in [1.82, 2.24) is 9.97 Å². The maximum absolute atomic E-state index is 13.4. The highest BCUT2D eigenvalue weighted by molar-refractivity contribution is 6.29. The van der Waals surface area contributed by atoms with Crippen molar-refractivity contribution < 1.29 is 8.78 Å². The highest BCUT2D eigenvalue weighted by Crippen LogP contribution is 2.23. The molecule has 0 bridgehead atoms. The predicted molar refractivity (Wildman–Crippen MR) is 52.4 cm³/mol. The molecule has 5 heteroatoms. The van der Waals surface area contributed by atoms with Gasteiger partial charge in [0.15, 0.2) is 11.0 Å². The highest BCUT2D eigenvalue weighted by Gasteiger charge is 2.10. The van der Waals surface area contributed by atoms with Crippen LogP contribution < -0.4 is 0 Å². The molecule has 0 fully saturated rings. The van der Waals surface area contributed by atoms with Crippen LogP contribution >= 0.6 is 11.6 Å². The van der Waals surface area contributed by atoms with Gasteiger partial charge in [0, 0.05) is 5.56 Å². The van der Waals surface area contributed by atoms with E-state index in [0.29, 0.717) is 5.56 Å². The van der Waals surface area contributed by atoms with Gasteiger partial charge in [-0.1, -0.05) is 11.6 Å². The molecule has 0 saturated carbocycles. The molecular formula is C10H5ClF2N2. The molecule has 1 heterocycles. The third-order valence-electron chi connectivity index (χ3n) is 1.86. The summed E-state index contributed by atoms with van der Waals surface area (Å²) in [6, 6.07) is 5.31. The fourth-order valence-electron chi connectivity index (χ4n) is 1.16. The zero-order chi connectivity index (χ0) is 10.8. The van der Waals surface area contributed by atoms with Gasteiger partial charge in [0.05, 0.1) is 0 Å². The summed E-state index contributed by atoms with van der Waals surface area (Å²) >= 11 is 5.49. The fraction of sp³-hybridized carbons (Fsp3) is 0. The molecule has 2 rings (SSSR count). The number of nitrogens with zero attached hydrogens (tertiary/aromatic N) is 2. The van der Waals surface area contributed by atoms with Gasteiger partial charge < -0.3 is 0 Å². The summed E-state index contributed by atoms with van der Waals surface area (Å²) in [6.45, 7) is 0. The Kier molecular flexibility index (Phi) is 2.60. The summed E-state index contributed by atoms with van der Waals surface area (Å²) in [4.78, 5) is 7.23. The van der Waals surface area contributed by atoms with E-state index in [1.807, 2.05) is 0 Å². The second-order valence-corrected chi connectivity index (χ2v) is 3.19. The molecular weight excluding hydrogens is 222 g/mol. The number of rotatable bonds is 1. The normalized spacial score (nSPS) is 10.3. The Bertz CT molecular complexity index is 485. The summed E-state index contributed by atoms with van der Waals surface area (Å²) in [5.74, 6) is -1.09. The molecule has 0 atom stereocenters. The number of aromatic nitrogens is 2. The Labute approximate surface area is 89.6 Å². The lowest BCUT2D eigenvalue weighted by molar-refractivity contribution is 0.617. The number of hydrogen-bond acceptors (Lipinski definition) is 2. The van der Waals surface area contributed by atoms with Crippen LogP contribution in [0.2, 0.25) is 5.15 Å². The van der Waals surface area contributed by atoms with Crippen molar-refractivity contribution in [2.75, 3.05) is 0 Å². The van der Waals surface area contributed by atoms with Gasteiger partial charge >= 0.3 is 0 Å². The molecule has 15 heavy (non-hydrogen) atoms. The van der Waals surface area contributed by atoms with Gasteiger partial charge in [-0.05, 0) is 24.3 Å². The highest BCUT2D eigenvalue weighted by atomic mass is 35.5. The van der Waals surface area contributed by atoms with Gasteiger partial charge in [-0.3, -0.25) is 0 Å². The van der Waals surface area contributed by atoms with E-state index in [1.54, 1.807) is 0 Å². The van der Waals surface area contributed by atoms with E-state index in [-0.39, 0.29) is 16.7 Å². The number of benzene rings is 1. The van der Waals surface area contributed by atoms with E-state index in [4.69, 9.17) is 11.6 Å². The third-order valence-corrected chi connectivity index (χ3v) is 2.13. The largest absolute Gasteiger partial charge is 0.233 e. The van der Waals surface area contributed by atoms with Gasteiger partial charge in [-0.15, -0.1) is 0 Å². The molecule has 0 saturated heterocycles. The maximum Gasteiger partial charge on any atom is 0.186 e. The van der Waals surface area contributed by atoms with Crippen LogP contribution in [-0.4, -0.2) is 9.97 Å². The van der Waals surface area contributed by atoms with Crippen LogP contribution in [0.3, 0.4) is 0 Å². The molecule has 2 aromatic rings. The molecule has 0 aliphatic rings. The Hall–Kier alpha value is -1.55. The van der Waals surface area contributed by atoms with Crippen molar-refractivity contribution in [3.05, 3.63) is 47.4 Å². The molecule has 1 aromatic carbocycles. The maximum atomic E-state index is 13.4. The van der Waals surface area contributed by atoms with Gasteiger partial charge in [-0.25, -0.2) is 18.7 Å². The quantitative estimate of drug-likeness (QED) is 0.699. The molecule has 0 radical (unpaired) electrons. The van der Waals surface area contributed by atoms with Gasteiger partial charge in [0.2, 0.25) is 0 Å². The smallest absolute Gasteiger partial charge is 0.186 e. The minimum atomic E-state index is -0.703. The second-order valence-electron chi connectivity index (χ2n) is 2.83. The van der Waals surface area contributed by atoms with Crippen LogP contribution in [0.15, 0.2) is 30.6 Å². The van der Waals surface area contributed by atoms with Gasteiger partial charge in [-0.2, -0.15) is 0 Å². The standard InChI is InChI=1S/C10H5ClF2N2/c11-10-8(13)9(14-5-15-10)6-1-3-7(12)4-2-6/h1-5H. The van der Waals surface area contributed by atoms with Gasteiger partial charge in [0.25, 0.3) is 0 Å². The lowest BCUT2D eigenvalue weighted by atomic mass is 10.1. The predicted octanol–water partition coefficient (Wildman–Crippen LogP) is 3.08. The molecule has 1 aromatic heterocycles. The fourth-order valence-corrected chi connectivity index (χ4v) is 1.29. The summed E-state index contributed by atoms with van der Waals surface area (Å²) in [5, 5.41) is -0.246. The van der Waals surface area contributed by atoms with Crippen molar-refractivity contribution >= 4 is 11.6 Å². The molecule has 0 N–H and O–H groups in total. The van der Waals surface area contributed by atoms with Crippen LogP contribution in [0.1, 0.15) is 0 Å². The SMILES string of the molecule is Fc1ccc(-c2ncnc(Cl)c2F)cc1. The Morgan fingerprint density at radius 2 is 1.67 bits per heavy atom. The molecule has 0 aliphatic heterocycles. The molecule has 2 nitrogen and oxygen atoms in total.